The highest BCUT2D eigenvalue weighted by atomic mass is 35.5. The molecule has 1 aliphatic rings. The molecule has 1 aromatic carbocycles. The van der Waals surface area contributed by atoms with Gasteiger partial charge in [-0.15, -0.1) is 0 Å². The zero-order valence-electron chi connectivity index (χ0n) is 8.33. The number of halogens is 1. The summed E-state index contributed by atoms with van der Waals surface area (Å²) in [5, 5.41) is 10.1. The number of aliphatic hydroxyl groups excluding tert-OH is 1. The molecule has 0 spiro atoms. The normalized spacial score (nSPS) is 21.2. The van der Waals surface area contributed by atoms with E-state index in [-0.39, 0.29) is 17.5 Å². The summed E-state index contributed by atoms with van der Waals surface area (Å²) in [6.07, 6.45) is 0.360. The molecule has 0 amide bonds. The fourth-order valence-corrected chi connectivity index (χ4v) is 2.01. The molecule has 1 N–H and O–H groups in total. The molecule has 0 saturated carbocycles. The highest BCUT2D eigenvalue weighted by molar-refractivity contribution is 6.30. The second-order valence-corrected chi connectivity index (χ2v) is 4.20. The van der Waals surface area contributed by atoms with E-state index in [1.807, 2.05) is 12.1 Å². The van der Waals surface area contributed by atoms with Crippen LogP contribution in [0.1, 0.15) is 24.8 Å². The largest absolute Gasteiger partial charge is 0.504 e. The third-order valence-corrected chi connectivity index (χ3v) is 3.07. The number of rotatable bonds is 1. The SMILES string of the molecule is CC1=C(O)C(=O)C[C@@H]1c1ccc(Cl)cc1. The lowest BCUT2D eigenvalue weighted by molar-refractivity contribution is -0.117. The lowest BCUT2D eigenvalue weighted by Crippen LogP contribution is -1.98. The van der Waals surface area contributed by atoms with E-state index in [1.165, 1.54) is 0 Å². The van der Waals surface area contributed by atoms with Crippen LogP contribution in [0.4, 0.5) is 0 Å². The second kappa shape index (κ2) is 3.70. The first-order valence-electron chi connectivity index (χ1n) is 4.78. The van der Waals surface area contributed by atoms with E-state index < -0.39 is 0 Å². The number of benzene rings is 1. The van der Waals surface area contributed by atoms with E-state index in [9.17, 15) is 9.90 Å². The van der Waals surface area contributed by atoms with Crippen molar-refractivity contribution in [2.24, 2.45) is 0 Å². The first-order chi connectivity index (χ1) is 7.09. The number of carbonyl (C=O) groups excluding carboxylic acids is 1. The van der Waals surface area contributed by atoms with Crippen molar-refractivity contribution in [3.63, 3.8) is 0 Å². The van der Waals surface area contributed by atoms with Crippen LogP contribution >= 0.6 is 11.6 Å². The monoisotopic (exact) mass is 222 g/mol. The molecule has 0 heterocycles. The van der Waals surface area contributed by atoms with E-state index in [2.05, 4.69) is 0 Å². The zero-order chi connectivity index (χ0) is 11.0. The number of hydrogen-bond donors (Lipinski definition) is 1. The molecule has 15 heavy (non-hydrogen) atoms. The average Bonchev–Trinajstić information content (AvgIpc) is 2.47. The Morgan fingerprint density at radius 1 is 1.33 bits per heavy atom. The van der Waals surface area contributed by atoms with Gasteiger partial charge in [0.2, 0.25) is 0 Å². The Morgan fingerprint density at radius 3 is 2.40 bits per heavy atom. The van der Waals surface area contributed by atoms with Gasteiger partial charge in [0, 0.05) is 17.4 Å². The summed E-state index contributed by atoms with van der Waals surface area (Å²) in [5.41, 5.74) is 1.77. The number of allylic oxidation sites excluding steroid dienone is 2. The lowest BCUT2D eigenvalue weighted by atomic mass is 9.93. The Morgan fingerprint density at radius 2 is 1.93 bits per heavy atom. The molecule has 0 aromatic heterocycles. The highest BCUT2D eigenvalue weighted by Gasteiger charge is 2.30. The Labute approximate surface area is 93.2 Å². The third kappa shape index (κ3) is 1.77. The standard InChI is InChI=1S/C12H11ClO2/c1-7-10(6-11(14)12(7)15)8-2-4-9(13)5-3-8/h2-5,10,15H,6H2,1H3/t10-/m0/s1. The van der Waals surface area contributed by atoms with Gasteiger partial charge < -0.3 is 5.11 Å². The van der Waals surface area contributed by atoms with Crippen LogP contribution in [0.25, 0.3) is 0 Å². The van der Waals surface area contributed by atoms with Gasteiger partial charge in [0.1, 0.15) is 0 Å². The van der Waals surface area contributed by atoms with Crippen molar-refractivity contribution < 1.29 is 9.90 Å². The number of aliphatic hydroxyl groups is 1. The molecule has 2 nitrogen and oxygen atoms in total. The molecule has 0 radical (unpaired) electrons. The minimum Gasteiger partial charge on any atom is -0.504 e. The van der Waals surface area contributed by atoms with Crippen molar-refractivity contribution in [1.29, 1.82) is 0 Å². The molecule has 1 aliphatic carbocycles. The van der Waals surface area contributed by atoms with Crippen molar-refractivity contribution in [1.82, 2.24) is 0 Å². The summed E-state index contributed by atoms with van der Waals surface area (Å²) in [7, 11) is 0. The van der Waals surface area contributed by atoms with Crippen LogP contribution < -0.4 is 0 Å². The highest BCUT2D eigenvalue weighted by Crippen LogP contribution is 2.36. The van der Waals surface area contributed by atoms with Crippen LogP contribution in [0.5, 0.6) is 0 Å². The quantitative estimate of drug-likeness (QED) is 0.792. The summed E-state index contributed by atoms with van der Waals surface area (Å²) in [5.74, 6) is -0.239. The summed E-state index contributed by atoms with van der Waals surface area (Å²) in [6, 6.07) is 7.37. The number of hydrogen-bond acceptors (Lipinski definition) is 2. The maximum Gasteiger partial charge on any atom is 0.197 e. The predicted octanol–water partition coefficient (Wildman–Crippen LogP) is 3.23. The lowest BCUT2D eigenvalue weighted by Gasteiger charge is -2.10. The summed E-state index contributed by atoms with van der Waals surface area (Å²) in [6.45, 7) is 1.79. The van der Waals surface area contributed by atoms with E-state index in [0.29, 0.717) is 11.4 Å². The smallest absolute Gasteiger partial charge is 0.197 e. The number of carbonyl (C=O) groups is 1. The molecular formula is C12H11ClO2. The molecular weight excluding hydrogens is 212 g/mol. The van der Waals surface area contributed by atoms with Crippen molar-refractivity contribution in [2.45, 2.75) is 19.3 Å². The van der Waals surface area contributed by atoms with Crippen LogP contribution in [0.3, 0.4) is 0 Å². The van der Waals surface area contributed by atoms with Gasteiger partial charge in [-0.25, -0.2) is 0 Å². The Kier molecular flexibility index (Phi) is 2.53. The summed E-state index contributed by atoms with van der Waals surface area (Å²) in [4.78, 5) is 11.3. The van der Waals surface area contributed by atoms with Crippen molar-refractivity contribution >= 4 is 17.4 Å². The van der Waals surface area contributed by atoms with Crippen molar-refractivity contribution in [2.75, 3.05) is 0 Å². The number of Topliss-reactive ketones (excluding diaryl/α,β-unsaturated/α-hetero) is 1. The number of ketones is 1. The van der Waals surface area contributed by atoms with Crippen LogP contribution in [0.2, 0.25) is 5.02 Å². The molecule has 0 bridgehead atoms. The first kappa shape index (κ1) is 10.2. The molecule has 0 saturated heterocycles. The summed E-state index contributed by atoms with van der Waals surface area (Å²) < 4.78 is 0. The first-order valence-corrected chi connectivity index (χ1v) is 5.16. The Hall–Kier alpha value is -1.28. The van der Waals surface area contributed by atoms with Gasteiger partial charge in [-0.1, -0.05) is 23.7 Å². The van der Waals surface area contributed by atoms with Crippen LogP contribution in [0.15, 0.2) is 35.6 Å². The fraction of sp³-hybridized carbons (Fsp3) is 0.250. The molecule has 3 heteroatoms. The minimum absolute atomic E-state index is 0.00904. The Bertz CT molecular complexity index is 431. The third-order valence-electron chi connectivity index (χ3n) is 2.82. The van der Waals surface area contributed by atoms with Gasteiger partial charge in [-0.3, -0.25) is 4.79 Å². The van der Waals surface area contributed by atoms with E-state index in [1.54, 1.807) is 19.1 Å². The molecule has 1 aromatic rings. The second-order valence-electron chi connectivity index (χ2n) is 3.76. The topological polar surface area (TPSA) is 37.3 Å². The predicted molar refractivity (Wildman–Crippen MR) is 59.1 cm³/mol. The molecule has 2 rings (SSSR count). The van der Waals surface area contributed by atoms with Gasteiger partial charge in [-0.2, -0.15) is 0 Å². The van der Waals surface area contributed by atoms with Crippen molar-refractivity contribution in [3.05, 3.63) is 46.2 Å². The van der Waals surface area contributed by atoms with Crippen LogP contribution in [-0.4, -0.2) is 10.9 Å². The van der Waals surface area contributed by atoms with Crippen LogP contribution in [-0.2, 0) is 4.79 Å². The maximum atomic E-state index is 11.3. The van der Waals surface area contributed by atoms with Gasteiger partial charge in [0.25, 0.3) is 0 Å². The molecule has 78 valence electrons. The maximum absolute atomic E-state index is 11.3. The molecule has 0 unspecified atom stereocenters. The van der Waals surface area contributed by atoms with Gasteiger partial charge in [0.15, 0.2) is 11.5 Å². The Balaban J connectivity index is 2.35. The van der Waals surface area contributed by atoms with E-state index in [0.717, 1.165) is 11.1 Å². The minimum atomic E-state index is -0.174. The fourth-order valence-electron chi connectivity index (χ4n) is 1.88. The molecule has 1 atom stereocenters. The van der Waals surface area contributed by atoms with Gasteiger partial charge in [0.05, 0.1) is 0 Å². The van der Waals surface area contributed by atoms with Gasteiger partial charge in [-0.05, 0) is 30.2 Å². The molecule has 0 fully saturated rings. The average molecular weight is 223 g/mol. The molecule has 0 aliphatic heterocycles. The van der Waals surface area contributed by atoms with E-state index >= 15 is 0 Å². The zero-order valence-corrected chi connectivity index (χ0v) is 9.08. The van der Waals surface area contributed by atoms with Gasteiger partial charge >= 0.3 is 0 Å². The van der Waals surface area contributed by atoms with Crippen LogP contribution in [0, 0.1) is 0 Å². The summed E-state index contributed by atoms with van der Waals surface area (Å²) >= 11 is 5.78. The van der Waals surface area contributed by atoms with E-state index in [4.69, 9.17) is 11.6 Å². The van der Waals surface area contributed by atoms with Crippen molar-refractivity contribution in [3.8, 4) is 0 Å².